The van der Waals surface area contributed by atoms with Crippen LogP contribution >= 0.6 is 39.1 Å². The summed E-state index contributed by atoms with van der Waals surface area (Å²) >= 11 is 15.3. The Kier molecular flexibility index (Phi) is 7.18. The van der Waals surface area contributed by atoms with E-state index in [2.05, 4.69) is 21.2 Å². The second-order valence-corrected chi connectivity index (χ2v) is 8.17. The molecule has 1 heterocycles. The molecular weight excluding hydrogens is 495 g/mol. The van der Waals surface area contributed by atoms with Crippen LogP contribution in [-0.4, -0.2) is 24.5 Å². The van der Waals surface area contributed by atoms with E-state index in [4.69, 9.17) is 27.9 Å². The second-order valence-electron chi connectivity index (χ2n) is 6.44. The molecule has 2 aromatic rings. The van der Waals surface area contributed by atoms with Crippen molar-refractivity contribution in [1.29, 1.82) is 0 Å². The molecule has 9 heteroatoms. The van der Waals surface area contributed by atoms with Gasteiger partial charge in [-0.05, 0) is 48.9 Å². The molecule has 4 amide bonds. The van der Waals surface area contributed by atoms with Crippen LogP contribution in [0.25, 0.3) is 6.08 Å². The summed E-state index contributed by atoms with van der Waals surface area (Å²) < 4.78 is 6.53. The average molecular weight is 512 g/mol. The number of carbonyl (C=O) groups excluding carboxylic acids is 3. The van der Waals surface area contributed by atoms with Crippen LogP contribution in [0.2, 0.25) is 10.0 Å². The van der Waals surface area contributed by atoms with Crippen LogP contribution in [0.4, 0.5) is 10.5 Å². The number of urea groups is 1. The zero-order chi connectivity index (χ0) is 21.8. The maximum Gasteiger partial charge on any atom is 0.335 e. The van der Waals surface area contributed by atoms with Crippen molar-refractivity contribution in [2.75, 3.05) is 11.5 Å². The molecule has 0 aromatic heterocycles. The lowest BCUT2D eigenvalue weighted by Crippen LogP contribution is -2.54. The highest BCUT2D eigenvalue weighted by atomic mass is 79.9. The van der Waals surface area contributed by atoms with Crippen molar-refractivity contribution >= 4 is 68.7 Å². The number of carbonyl (C=O) groups is 3. The number of amides is 4. The topological polar surface area (TPSA) is 75.7 Å². The molecule has 30 heavy (non-hydrogen) atoms. The smallest absolute Gasteiger partial charge is 0.335 e. The van der Waals surface area contributed by atoms with Gasteiger partial charge in [0.25, 0.3) is 11.8 Å². The highest BCUT2D eigenvalue weighted by Crippen LogP contribution is 2.31. The van der Waals surface area contributed by atoms with Crippen molar-refractivity contribution < 1.29 is 19.1 Å². The first-order valence-electron chi connectivity index (χ1n) is 9.10. The van der Waals surface area contributed by atoms with Gasteiger partial charge in [0.15, 0.2) is 0 Å². The summed E-state index contributed by atoms with van der Waals surface area (Å²) in [5.41, 5.74) is 0.514. The summed E-state index contributed by atoms with van der Waals surface area (Å²) in [5.74, 6) is -1.04. The molecule has 6 nitrogen and oxygen atoms in total. The van der Waals surface area contributed by atoms with E-state index >= 15 is 0 Å². The average Bonchev–Trinajstić information content (AvgIpc) is 2.69. The van der Waals surface area contributed by atoms with E-state index in [1.54, 1.807) is 18.2 Å². The van der Waals surface area contributed by atoms with Gasteiger partial charge in [-0.1, -0.05) is 52.5 Å². The molecule has 0 atom stereocenters. The van der Waals surface area contributed by atoms with Gasteiger partial charge in [-0.2, -0.15) is 0 Å². The van der Waals surface area contributed by atoms with E-state index in [-0.39, 0.29) is 21.3 Å². The normalized spacial score (nSPS) is 15.5. The summed E-state index contributed by atoms with van der Waals surface area (Å²) in [6.45, 7) is 2.55. The molecule has 1 N–H and O–H groups in total. The Bertz CT molecular complexity index is 1060. The van der Waals surface area contributed by atoms with Crippen molar-refractivity contribution in [3.05, 3.63) is 62.1 Å². The number of hydrogen-bond donors (Lipinski definition) is 1. The molecule has 156 valence electrons. The molecule has 1 saturated heterocycles. The number of imide groups is 2. The Labute approximate surface area is 191 Å². The van der Waals surface area contributed by atoms with E-state index in [0.29, 0.717) is 17.9 Å². The maximum absolute atomic E-state index is 13.1. The van der Waals surface area contributed by atoms with Crippen LogP contribution in [0.3, 0.4) is 0 Å². The molecular formula is C21H17BrCl2N2O4. The molecule has 0 spiro atoms. The SMILES string of the molecule is CCCCOc1ccc(Br)cc1/C=C1/C(=O)NC(=O)N(c2ccc(Cl)c(Cl)c2)C1=O. The van der Waals surface area contributed by atoms with Gasteiger partial charge in [0.05, 0.1) is 22.3 Å². The first-order chi connectivity index (χ1) is 14.3. The fourth-order valence-corrected chi connectivity index (χ4v) is 3.43. The van der Waals surface area contributed by atoms with Crippen molar-refractivity contribution in [3.8, 4) is 5.75 Å². The van der Waals surface area contributed by atoms with Crippen LogP contribution in [-0.2, 0) is 9.59 Å². The van der Waals surface area contributed by atoms with E-state index in [0.717, 1.165) is 22.2 Å². The third-order valence-electron chi connectivity index (χ3n) is 4.29. The van der Waals surface area contributed by atoms with Crippen molar-refractivity contribution in [3.63, 3.8) is 0 Å². The van der Waals surface area contributed by atoms with Gasteiger partial charge in [0.1, 0.15) is 11.3 Å². The summed E-state index contributed by atoms with van der Waals surface area (Å²) in [5, 5.41) is 2.63. The van der Waals surface area contributed by atoms with Crippen LogP contribution < -0.4 is 15.0 Å². The zero-order valence-corrected chi connectivity index (χ0v) is 19.0. The maximum atomic E-state index is 13.1. The van der Waals surface area contributed by atoms with Gasteiger partial charge in [-0.15, -0.1) is 0 Å². The first-order valence-corrected chi connectivity index (χ1v) is 10.7. The number of halogens is 3. The van der Waals surface area contributed by atoms with E-state index < -0.39 is 17.8 Å². The lowest BCUT2D eigenvalue weighted by Gasteiger charge is -2.26. The predicted molar refractivity (Wildman–Crippen MR) is 120 cm³/mol. The number of nitrogens with zero attached hydrogens (tertiary/aromatic N) is 1. The molecule has 0 radical (unpaired) electrons. The minimum Gasteiger partial charge on any atom is -0.493 e. The lowest BCUT2D eigenvalue weighted by molar-refractivity contribution is -0.122. The van der Waals surface area contributed by atoms with E-state index in [1.807, 2.05) is 6.92 Å². The van der Waals surface area contributed by atoms with Gasteiger partial charge in [0.2, 0.25) is 0 Å². The molecule has 0 unspecified atom stereocenters. The summed E-state index contributed by atoms with van der Waals surface area (Å²) in [6.07, 6.45) is 3.24. The fourth-order valence-electron chi connectivity index (χ4n) is 2.76. The largest absolute Gasteiger partial charge is 0.493 e. The highest BCUT2D eigenvalue weighted by molar-refractivity contribution is 9.10. The number of anilines is 1. The number of benzene rings is 2. The number of ether oxygens (including phenoxy) is 1. The quantitative estimate of drug-likeness (QED) is 0.311. The predicted octanol–water partition coefficient (Wildman–Crippen LogP) is 5.60. The van der Waals surface area contributed by atoms with E-state index in [1.165, 1.54) is 24.3 Å². The summed E-state index contributed by atoms with van der Waals surface area (Å²) in [6, 6.07) is 8.73. The van der Waals surface area contributed by atoms with Gasteiger partial charge >= 0.3 is 6.03 Å². The molecule has 0 saturated carbocycles. The first kappa shape index (κ1) is 22.3. The van der Waals surface area contributed by atoms with Crippen molar-refractivity contribution in [2.45, 2.75) is 19.8 Å². The van der Waals surface area contributed by atoms with Crippen LogP contribution in [0, 0.1) is 0 Å². The minimum atomic E-state index is -0.866. The Morgan fingerprint density at radius 1 is 1.10 bits per heavy atom. The number of rotatable bonds is 6. The molecule has 1 fully saturated rings. The Morgan fingerprint density at radius 3 is 2.57 bits per heavy atom. The Morgan fingerprint density at radius 2 is 1.87 bits per heavy atom. The number of unbranched alkanes of at least 4 members (excludes halogenated alkanes) is 1. The van der Waals surface area contributed by atoms with Gasteiger partial charge in [0, 0.05) is 10.0 Å². The number of nitrogens with one attached hydrogen (secondary N) is 1. The highest BCUT2D eigenvalue weighted by Gasteiger charge is 2.37. The lowest BCUT2D eigenvalue weighted by atomic mass is 10.1. The van der Waals surface area contributed by atoms with E-state index in [9.17, 15) is 14.4 Å². The number of hydrogen-bond acceptors (Lipinski definition) is 4. The van der Waals surface area contributed by atoms with Gasteiger partial charge in [-0.3, -0.25) is 14.9 Å². The molecule has 0 aliphatic carbocycles. The molecule has 2 aromatic carbocycles. The summed E-state index contributed by atoms with van der Waals surface area (Å²) in [7, 11) is 0. The molecule has 0 bridgehead atoms. The monoisotopic (exact) mass is 510 g/mol. The molecule has 1 aliphatic heterocycles. The van der Waals surface area contributed by atoms with Gasteiger partial charge in [-0.25, -0.2) is 9.69 Å². The van der Waals surface area contributed by atoms with Crippen molar-refractivity contribution in [2.24, 2.45) is 0 Å². The van der Waals surface area contributed by atoms with Crippen LogP contribution in [0.5, 0.6) is 5.75 Å². The van der Waals surface area contributed by atoms with Crippen LogP contribution in [0.15, 0.2) is 46.4 Å². The van der Waals surface area contributed by atoms with Crippen LogP contribution in [0.1, 0.15) is 25.3 Å². The fraction of sp³-hybridized carbons (Fsp3) is 0.190. The second kappa shape index (κ2) is 9.64. The third kappa shape index (κ3) is 4.86. The number of barbiturate groups is 1. The zero-order valence-electron chi connectivity index (χ0n) is 15.9. The minimum absolute atomic E-state index is 0.177. The Balaban J connectivity index is 2.00. The molecule has 1 aliphatic rings. The standard InChI is InChI=1S/C21H17BrCl2N2O4/c1-2-3-8-30-18-7-4-13(22)9-12(18)10-15-19(27)25-21(29)26(20(15)28)14-5-6-16(23)17(24)11-14/h4-7,9-11H,2-3,8H2,1H3,(H,25,27,29)/b15-10-. The molecule has 3 rings (SSSR count). The van der Waals surface area contributed by atoms with Gasteiger partial charge < -0.3 is 4.74 Å². The Hall–Kier alpha value is -2.35. The summed E-state index contributed by atoms with van der Waals surface area (Å²) in [4.78, 5) is 38.7. The third-order valence-corrected chi connectivity index (χ3v) is 5.52. The van der Waals surface area contributed by atoms with Crippen molar-refractivity contribution in [1.82, 2.24) is 5.32 Å².